The van der Waals surface area contributed by atoms with Gasteiger partial charge in [0.25, 0.3) is 0 Å². The lowest BCUT2D eigenvalue weighted by atomic mass is 10.1. The molecule has 0 aliphatic heterocycles. The Labute approximate surface area is 200 Å². The number of carboxylic acid groups (broad SMARTS) is 1. The molecule has 4 amide bonds. The fraction of sp³-hybridized carbons (Fsp3) is 0.556. The number of imidazole rings is 1. The highest BCUT2D eigenvalue weighted by atomic mass is 32.2. The monoisotopic (exact) mass is 503 g/mol. The summed E-state index contributed by atoms with van der Waals surface area (Å²) in [5.74, 6) is -3.96. The number of nitrogens with two attached hydrogens (primary N) is 2. The number of carboxylic acids is 1. The second-order valence-electron chi connectivity index (χ2n) is 7.04. The Morgan fingerprint density at radius 3 is 2.24 bits per heavy atom. The molecule has 1 heterocycles. The molecule has 0 bridgehead atoms. The number of carbonyl (C=O) groups excluding carboxylic acids is 4. The van der Waals surface area contributed by atoms with Gasteiger partial charge in [0.15, 0.2) is 0 Å². The highest BCUT2D eigenvalue weighted by Gasteiger charge is 2.31. The van der Waals surface area contributed by atoms with Crippen LogP contribution in [0.5, 0.6) is 0 Å². The van der Waals surface area contributed by atoms with Crippen LogP contribution in [0.15, 0.2) is 12.5 Å². The van der Waals surface area contributed by atoms with Crippen LogP contribution >= 0.6 is 24.4 Å². The van der Waals surface area contributed by atoms with E-state index >= 15 is 0 Å². The van der Waals surface area contributed by atoms with Crippen LogP contribution in [0.3, 0.4) is 0 Å². The topological polar surface area (TPSA) is 222 Å². The predicted molar refractivity (Wildman–Crippen MR) is 124 cm³/mol. The minimum Gasteiger partial charge on any atom is -0.480 e. The smallest absolute Gasteiger partial charge is 0.326 e. The van der Waals surface area contributed by atoms with Crippen molar-refractivity contribution in [1.82, 2.24) is 25.9 Å². The molecule has 1 rings (SSSR count). The number of aliphatic carboxylic acids is 1. The minimum atomic E-state index is -1.40. The van der Waals surface area contributed by atoms with E-state index in [1.807, 2.05) is 0 Å². The van der Waals surface area contributed by atoms with Crippen LogP contribution in [-0.4, -0.2) is 86.6 Å². The van der Waals surface area contributed by atoms with Crippen molar-refractivity contribution in [1.29, 1.82) is 0 Å². The molecule has 0 spiro atoms. The molecule has 1 aromatic heterocycles. The molecule has 4 unspecified atom stereocenters. The lowest BCUT2D eigenvalue weighted by Gasteiger charge is -2.24. The van der Waals surface area contributed by atoms with Crippen LogP contribution in [0.2, 0.25) is 0 Å². The first-order valence-electron chi connectivity index (χ1n) is 9.83. The average molecular weight is 504 g/mol. The molecule has 0 aliphatic rings. The van der Waals surface area contributed by atoms with Gasteiger partial charge in [0.2, 0.25) is 23.6 Å². The van der Waals surface area contributed by atoms with Gasteiger partial charge in [-0.1, -0.05) is 0 Å². The Morgan fingerprint density at radius 2 is 1.73 bits per heavy atom. The molecule has 13 nitrogen and oxygen atoms in total. The molecule has 0 aromatic carbocycles. The van der Waals surface area contributed by atoms with Crippen LogP contribution < -0.4 is 27.4 Å². The number of nitrogens with one attached hydrogen (secondary N) is 4. The summed E-state index contributed by atoms with van der Waals surface area (Å²) in [6.45, 7) is 0. The number of rotatable bonds is 15. The summed E-state index contributed by atoms with van der Waals surface area (Å²) in [5, 5.41) is 16.6. The summed E-state index contributed by atoms with van der Waals surface area (Å²) < 4.78 is 0. The van der Waals surface area contributed by atoms with Crippen LogP contribution in [0.1, 0.15) is 18.5 Å². The van der Waals surface area contributed by atoms with E-state index in [1.165, 1.54) is 24.3 Å². The van der Waals surface area contributed by atoms with Crippen molar-refractivity contribution in [2.24, 2.45) is 11.5 Å². The molecule has 33 heavy (non-hydrogen) atoms. The normalized spacial score (nSPS) is 14.4. The molecular weight excluding hydrogens is 474 g/mol. The van der Waals surface area contributed by atoms with E-state index < -0.39 is 60.2 Å². The van der Waals surface area contributed by atoms with E-state index in [4.69, 9.17) is 11.5 Å². The van der Waals surface area contributed by atoms with Crippen molar-refractivity contribution in [3.8, 4) is 0 Å². The van der Waals surface area contributed by atoms with E-state index in [0.29, 0.717) is 11.4 Å². The van der Waals surface area contributed by atoms with Gasteiger partial charge in [0, 0.05) is 24.1 Å². The highest BCUT2D eigenvalue weighted by Crippen LogP contribution is 2.05. The summed E-state index contributed by atoms with van der Waals surface area (Å²) >= 11 is 5.33. The molecular formula is C18H29N7O6S2. The fourth-order valence-corrected chi connectivity index (χ4v) is 3.27. The quantitative estimate of drug-likeness (QED) is 0.117. The summed E-state index contributed by atoms with van der Waals surface area (Å²) in [4.78, 5) is 67.4. The first-order chi connectivity index (χ1) is 15.6. The molecule has 15 heteroatoms. The first-order valence-corrected chi connectivity index (χ1v) is 11.9. The number of primary amides is 1. The summed E-state index contributed by atoms with van der Waals surface area (Å²) in [7, 11) is 0. The van der Waals surface area contributed by atoms with Gasteiger partial charge >= 0.3 is 5.97 Å². The third kappa shape index (κ3) is 10.1. The van der Waals surface area contributed by atoms with Crippen molar-refractivity contribution in [2.75, 3.05) is 17.8 Å². The largest absolute Gasteiger partial charge is 0.480 e. The highest BCUT2D eigenvalue weighted by molar-refractivity contribution is 7.98. The number of H-pyrrole nitrogens is 1. The third-order valence-electron chi connectivity index (χ3n) is 4.41. The Morgan fingerprint density at radius 1 is 1.12 bits per heavy atom. The molecule has 0 saturated heterocycles. The van der Waals surface area contributed by atoms with Crippen molar-refractivity contribution < 1.29 is 29.1 Å². The van der Waals surface area contributed by atoms with Gasteiger partial charge < -0.3 is 37.5 Å². The zero-order valence-electron chi connectivity index (χ0n) is 17.9. The molecule has 4 atom stereocenters. The van der Waals surface area contributed by atoms with Crippen LogP contribution in [0, 0.1) is 0 Å². The maximum absolute atomic E-state index is 12.9. The Bertz CT molecular complexity index is 823. The second kappa shape index (κ2) is 14.4. The Balaban J connectivity index is 3.04. The summed E-state index contributed by atoms with van der Waals surface area (Å²) in [6, 6.07) is -4.83. The van der Waals surface area contributed by atoms with Crippen molar-refractivity contribution >= 4 is 54.0 Å². The maximum atomic E-state index is 12.9. The number of thioether (sulfide) groups is 1. The van der Waals surface area contributed by atoms with Crippen LogP contribution in [0.25, 0.3) is 0 Å². The Hall–Kier alpha value is -2.78. The average Bonchev–Trinajstić information content (AvgIpc) is 3.27. The van der Waals surface area contributed by atoms with Gasteiger partial charge in [-0.05, 0) is 18.4 Å². The molecule has 1 aromatic rings. The number of hydrogen-bond donors (Lipinski definition) is 8. The van der Waals surface area contributed by atoms with Gasteiger partial charge in [-0.3, -0.25) is 19.2 Å². The van der Waals surface area contributed by atoms with E-state index in [2.05, 4.69) is 38.5 Å². The number of nitrogens with zero attached hydrogens (tertiary/aromatic N) is 1. The zero-order chi connectivity index (χ0) is 25.0. The third-order valence-corrected chi connectivity index (χ3v) is 5.45. The van der Waals surface area contributed by atoms with Crippen molar-refractivity contribution in [2.45, 2.75) is 43.4 Å². The molecule has 184 valence electrons. The van der Waals surface area contributed by atoms with Crippen LogP contribution in [-0.2, 0) is 30.4 Å². The number of aromatic amines is 1. The molecule has 0 radical (unpaired) electrons. The number of thiol groups is 1. The standard InChI is InChI=1S/C18H29N7O6S2/c1-33-3-2-11(18(30)31)23-16(28)12(4-9-6-21-8-22-9)25-17(29)13(5-14(20)26)24-15(27)10(19)7-32/h6,8,10-13,32H,2-5,7,19H2,1H3,(H2,20,26)(H,21,22)(H,23,28)(H,24,27)(H,25,29)(H,30,31). The first kappa shape index (κ1) is 28.3. The fourth-order valence-electron chi connectivity index (χ4n) is 2.64. The molecule has 0 saturated carbocycles. The number of hydrogen-bond acceptors (Lipinski definition) is 9. The molecule has 0 aliphatic carbocycles. The minimum absolute atomic E-state index is 0.00573. The lowest BCUT2D eigenvalue weighted by Crippen LogP contribution is -2.58. The van der Waals surface area contributed by atoms with Gasteiger partial charge in [-0.25, -0.2) is 9.78 Å². The second-order valence-corrected chi connectivity index (χ2v) is 8.39. The molecule has 0 fully saturated rings. The van der Waals surface area contributed by atoms with E-state index in [9.17, 15) is 29.1 Å². The maximum Gasteiger partial charge on any atom is 0.326 e. The number of carbonyl (C=O) groups is 5. The lowest BCUT2D eigenvalue weighted by molar-refractivity contribution is -0.142. The van der Waals surface area contributed by atoms with Gasteiger partial charge in [-0.15, -0.1) is 0 Å². The van der Waals surface area contributed by atoms with Crippen molar-refractivity contribution in [3.05, 3.63) is 18.2 Å². The van der Waals surface area contributed by atoms with Crippen LogP contribution in [0.4, 0.5) is 0 Å². The summed E-state index contributed by atoms with van der Waals surface area (Å²) in [6.07, 6.45) is 4.19. The predicted octanol–water partition coefficient (Wildman–Crippen LogP) is -2.62. The number of amides is 4. The summed E-state index contributed by atoms with van der Waals surface area (Å²) in [5.41, 5.74) is 11.3. The zero-order valence-corrected chi connectivity index (χ0v) is 19.7. The van der Waals surface area contributed by atoms with Gasteiger partial charge in [0.05, 0.1) is 18.8 Å². The number of aromatic nitrogens is 2. The van der Waals surface area contributed by atoms with Gasteiger partial charge in [-0.2, -0.15) is 24.4 Å². The van der Waals surface area contributed by atoms with E-state index in [1.54, 1.807) is 6.26 Å². The SMILES string of the molecule is CSCCC(NC(=O)C(Cc1cnc[nH]1)NC(=O)C(CC(N)=O)NC(=O)C(N)CS)C(=O)O. The van der Waals surface area contributed by atoms with E-state index in [-0.39, 0.29) is 18.6 Å². The van der Waals surface area contributed by atoms with E-state index in [0.717, 1.165) is 0 Å². The Kier molecular flexibility index (Phi) is 12.3. The van der Waals surface area contributed by atoms with Gasteiger partial charge in [0.1, 0.15) is 18.1 Å². The van der Waals surface area contributed by atoms with Crippen molar-refractivity contribution in [3.63, 3.8) is 0 Å². The molecule has 9 N–H and O–H groups in total.